The summed E-state index contributed by atoms with van der Waals surface area (Å²) >= 11 is 0. The molecular weight excluding hydrogens is 737 g/mol. The van der Waals surface area contributed by atoms with E-state index in [1.54, 1.807) is 0 Å². The minimum Gasteiger partial charge on any atom is -0.456 e. The van der Waals surface area contributed by atoms with Gasteiger partial charge in [-0.3, -0.25) is 0 Å². The number of fused-ring (bicyclic) bond motifs is 11. The van der Waals surface area contributed by atoms with Crippen LogP contribution < -0.4 is 0 Å². The number of nitriles is 1. The van der Waals surface area contributed by atoms with E-state index in [4.69, 9.17) is 23.8 Å². The molecule has 0 aliphatic carbocycles. The van der Waals surface area contributed by atoms with Gasteiger partial charge in [0.15, 0.2) is 17.5 Å². The number of benzene rings is 9. The summed E-state index contributed by atoms with van der Waals surface area (Å²) in [5.74, 6) is 1.77. The molecule has 0 bridgehead atoms. The van der Waals surface area contributed by atoms with Crippen molar-refractivity contribution in [1.29, 1.82) is 5.26 Å². The Bertz CT molecular complexity index is 3740. The zero-order valence-electron chi connectivity index (χ0n) is 31.9. The van der Waals surface area contributed by atoms with Crippen molar-refractivity contribution in [3.05, 3.63) is 188 Å². The molecule has 0 aliphatic heterocycles. The number of para-hydroxylation sites is 2. The minimum atomic E-state index is 0.584. The molecule has 278 valence electrons. The van der Waals surface area contributed by atoms with Crippen molar-refractivity contribution >= 4 is 65.4 Å². The molecule has 0 spiro atoms. The molecule has 0 atom stereocenters. The topological polar surface area (TPSA) is 88.7 Å². The largest absolute Gasteiger partial charge is 0.456 e. The third kappa shape index (κ3) is 5.45. The Morgan fingerprint density at radius 1 is 0.333 bits per heavy atom. The van der Waals surface area contributed by atoms with Gasteiger partial charge >= 0.3 is 0 Å². The number of rotatable bonds is 5. The molecule has 3 aromatic heterocycles. The number of nitrogens with zero attached hydrogens (tertiary/aromatic N) is 4. The Balaban J connectivity index is 1.01. The Kier molecular flexibility index (Phi) is 7.50. The molecule has 0 unspecified atom stereocenters. The van der Waals surface area contributed by atoms with Gasteiger partial charge < -0.3 is 8.83 Å². The predicted molar refractivity (Wildman–Crippen MR) is 241 cm³/mol. The number of furan rings is 2. The van der Waals surface area contributed by atoms with Crippen molar-refractivity contribution in [1.82, 2.24) is 15.0 Å². The first-order valence-electron chi connectivity index (χ1n) is 19.8. The fourth-order valence-corrected chi connectivity index (χ4v) is 8.64. The van der Waals surface area contributed by atoms with Crippen LogP contribution in [0.3, 0.4) is 0 Å². The smallest absolute Gasteiger partial charge is 0.164 e. The van der Waals surface area contributed by atoms with Crippen LogP contribution in [0.2, 0.25) is 0 Å². The van der Waals surface area contributed by atoms with Crippen LogP contribution in [-0.4, -0.2) is 15.0 Å². The fraction of sp³-hybridized carbons (Fsp3) is 0. The van der Waals surface area contributed by atoms with Crippen LogP contribution in [0.15, 0.2) is 191 Å². The van der Waals surface area contributed by atoms with Crippen LogP contribution in [0.1, 0.15) is 5.56 Å². The van der Waals surface area contributed by atoms with Gasteiger partial charge in [0.1, 0.15) is 22.3 Å². The van der Waals surface area contributed by atoms with E-state index in [2.05, 4.69) is 97.1 Å². The average molecular weight is 767 g/mol. The average Bonchev–Trinajstić information content (AvgIpc) is 3.90. The van der Waals surface area contributed by atoms with Crippen LogP contribution in [0, 0.1) is 11.3 Å². The van der Waals surface area contributed by atoms with Crippen molar-refractivity contribution in [2.75, 3.05) is 0 Å². The molecular formula is C54H30N4O2. The van der Waals surface area contributed by atoms with Gasteiger partial charge in [0, 0.05) is 43.6 Å². The lowest BCUT2D eigenvalue weighted by Crippen LogP contribution is -2.00. The lowest BCUT2D eigenvalue weighted by molar-refractivity contribution is 0.669. The molecule has 0 saturated carbocycles. The van der Waals surface area contributed by atoms with Crippen molar-refractivity contribution in [2.24, 2.45) is 0 Å². The highest BCUT2D eigenvalue weighted by molar-refractivity contribution is 6.31. The van der Waals surface area contributed by atoms with Crippen molar-refractivity contribution in [3.63, 3.8) is 0 Å². The van der Waals surface area contributed by atoms with Crippen LogP contribution in [0.5, 0.6) is 0 Å². The second kappa shape index (κ2) is 13.3. The summed E-state index contributed by atoms with van der Waals surface area (Å²) in [4.78, 5) is 15.2. The van der Waals surface area contributed by atoms with Crippen molar-refractivity contribution < 1.29 is 8.83 Å². The number of aromatic nitrogens is 3. The Hall–Kier alpha value is -8.40. The minimum absolute atomic E-state index is 0.584. The van der Waals surface area contributed by atoms with Crippen LogP contribution in [-0.2, 0) is 0 Å². The third-order valence-electron chi connectivity index (χ3n) is 11.5. The van der Waals surface area contributed by atoms with E-state index >= 15 is 0 Å². The quantitative estimate of drug-likeness (QED) is 0.162. The fourth-order valence-electron chi connectivity index (χ4n) is 8.64. The standard InChI is InChI=1S/C54H30N4O2/c55-31-32-10-8-13-34(26-32)36-20-23-40-41-24-21-37(29-46(41)51-50(45(40)28-36)43-17-5-7-19-48(43)60-51)35-14-9-15-38(27-35)53-56-52(33-11-2-1-3-12-33)57-54(58-53)39-22-25-49-44(30-39)42-16-4-6-18-47(42)59-49/h1-30H. The van der Waals surface area contributed by atoms with E-state index in [1.165, 1.54) is 0 Å². The lowest BCUT2D eigenvalue weighted by Gasteiger charge is -2.12. The zero-order valence-corrected chi connectivity index (χ0v) is 31.9. The van der Waals surface area contributed by atoms with Gasteiger partial charge in [-0.05, 0) is 99.1 Å². The number of hydrogen-bond acceptors (Lipinski definition) is 6. The molecule has 0 fully saturated rings. The third-order valence-corrected chi connectivity index (χ3v) is 11.5. The van der Waals surface area contributed by atoms with Gasteiger partial charge in [-0.25, -0.2) is 15.0 Å². The summed E-state index contributed by atoms with van der Waals surface area (Å²) in [6.45, 7) is 0. The molecule has 12 aromatic rings. The highest BCUT2D eigenvalue weighted by Gasteiger charge is 2.19. The molecule has 3 heterocycles. The summed E-state index contributed by atoms with van der Waals surface area (Å²) in [6, 6.07) is 64.1. The summed E-state index contributed by atoms with van der Waals surface area (Å²) in [5.41, 5.74) is 10.8. The molecule has 0 saturated heterocycles. The molecule has 60 heavy (non-hydrogen) atoms. The maximum absolute atomic E-state index is 9.59. The highest BCUT2D eigenvalue weighted by Crippen LogP contribution is 2.43. The SMILES string of the molecule is N#Cc1cccc(-c2ccc3c4ccc(-c5cccc(-c6nc(-c7ccccc7)nc(-c7ccc8oc9ccccc9c8c7)n6)c5)cc4c4oc5ccccc5c4c3c2)c1. The second-order valence-corrected chi connectivity index (χ2v) is 15.1. The predicted octanol–water partition coefficient (Wildman–Crippen LogP) is 14.2. The van der Waals surface area contributed by atoms with Gasteiger partial charge in [-0.15, -0.1) is 0 Å². The van der Waals surface area contributed by atoms with Crippen LogP contribution in [0.25, 0.3) is 122 Å². The van der Waals surface area contributed by atoms with Gasteiger partial charge in [0.25, 0.3) is 0 Å². The molecule has 0 amide bonds. The van der Waals surface area contributed by atoms with E-state index in [9.17, 15) is 5.26 Å². The molecule has 12 rings (SSSR count). The number of hydrogen-bond donors (Lipinski definition) is 0. The monoisotopic (exact) mass is 766 g/mol. The lowest BCUT2D eigenvalue weighted by atomic mass is 9.91. The first kappa shape index (κ1) is 33.7. The summed E-state index contributed by atoms with van der Waals surface area (Å²) in [6.07, 6.45) is 0. The Morgan fingerprint density at radius 2 is 0.850 bits per heavy atom. The van der Waals surface area contributed by atoms with Gasteiger partial charge in [0.05, 0.1) is 11.6 Å². The van der Waals surface area contributed by atoms with E-state index in [0.29, 0.717) is 23.0 Å². The first-order chi connectivity index (χ1) is 29.6. The highest BCUT2D eigenvalue weighted by atomic mass is 16.3. The molecule has 0 radical (unpaired) electrons. The van der Waals surface area contributed by atoms with E-state index < -0.39 is 0 Å². The van der Waals surface area contributed by atoms with E-state index in [0.717, 1.165) is 104 Å². The van der Waals surface area contributed by atoms with Crippen LogP contribution >= 0.6 is 0 Å². The molecule has 6 nitrogen and oxygen atoms in total. The first-order valence-corrected chi connectivity index (χ1v) is 19.8. The summed E-state index contributed by atoms with van der Waals surface area (Å²) in [7, 11) is 0. The van der Waals surface area contributed by atoms with Crippen molar-refractivity contribution in [3.8, 4) is 62.5 Å². The zero-order chi connectivity index (χ0) is 39.7. The second-order valence-electron chi connectivity index (χ2n) is 15.1. The molecule has 0 aliphatic rings. The Labute approximate surface area is 343 Å². The molecule has 6 heteroatoms. The van der Waals surface area contributed by atoms with Gasteiger partial charge in [-0.2, -0.15) is 5.26 Å². The maximum atomic E-state index is 9.59. The Morgan fingerprint density at radius 3 is 1.62 bits per heavy atom. The van der Waals surface area contributed by atoms with E-state index in [1.807, 2.05) is 91.0 Å². The normalized spacial score (nSPS) is 11.7. The van der Waals surface area contributed by atoms with Gasteiger partial charge in [0.2, 0.25) is 0 Å². The van der Waals surface area contributed by atoms with Crippen LogP contribution in [0.4, 0.5) is 0 Å². The maximum Gasteiger partial charge on any atom is 0.164 e. The van der Waals surface area contributed by atoms with Crippen molar-refractivity contribution in [2.45, 2.75) is 0 Å². The molecule has 9 aromatic carbocycles. The summed E-state index contributed by atoms with van der Waals surface area (Å²) in [5, 5.41) is 18.2. The molecule has 0 N–H and O–H groups in total. The van der Waals surface area contributed by atoms with E-state index in [-0.39, 0.29) is 0 Å². The van der Waals surface area contributed by atoms with Gasteiger partial charge in [-0.1, -0.05) is 121 Å². The summed E-state index contributed by atoms with van der Waals surface area (Å²) < 4.78 is 12.9.